The molecule has 1 fully saturated rings. The summed E-state index contributed by atoms with van der Waals surface area (Å²) in [6, 6.07) is 4.03. The van der Waals surface area contributed by atoms with Crippen molar-refractivity contribution in [3.63, 3.8) is 0 Å². The average Bonchev–Trinajstić information content (AvgIpc) is 2.84. The number of carbonyl (C=O) groups is 1. The molecular weight excluding hydrogens is 280 g/mol. The summed E-state index contributed by atoms with van der Waals surface area (Å²) in [5.41, 5.74) is 5.93. The Bertz CT molecular complexity index is 438. The largest absolute Gasteiger partial charge is 0.342 e. The van der Waals surface area contributed by atoms with E-state index in [1.54, 1.807) is 0 Å². The molecule has 2 heterocycles. The first-order valence-electron chi connectivity index (χ1n) is 6.78. The third-order valence-corrected chi connectivity index (χ3v) is 5.40. The van der Waals surface area contributed by atoms with Crippen LogP contribution >= 0.6 is 22.9 Å². The maximum absolute atomic E-state index is 12.4. The summed E-state index contributed by atoms with van der Waals surface area (Å²) in [5.74, 6) is 0.668. The summed E-state index contributed by atoms with van der Waals surface area (Å²) in [5, 5.41) is 0. The third kappa shape index (κ3) is 3.50. The minimum Gasteiger partial charge on any atom is -0.342 e. The van der Waals surface area contributed by atoms with Gasteiger partial charge in [0.1, 0.15) is 0 Å². The van der Waals surface area contributed by atoms with E-state index in [2.05, 4.69) is 6.92 Å². The summed E-state index contributed by atoms with van der Waals surface area (Å²) in [6.07, 6.45) is 2.03. The summed E-state index contributed by atoms with van der Waals surface area (Å²) in [6.45, 7) is 5.67. The quantitative estimate of drug-likeness (QED) is 0.932. The van der Waals surface area contributed by atoms with E-state index >= 15 is 0 Å². The maximum Gasteiger partial charge on any atom is 0.230 e. The first kappa shape index (κ1) is 14.8. The van der Waals surface area contributed by atoms with Crippen LogP contribution in [-0.4, -0.2) is 29.9 Å². The molecule has 1 aliphatic rings. The van der Waals surface area contributed by atoms with Gasteiger partial charge in [-0.05, 0) is 44.7 Å². The zero-order valence-corrected chi connectivity index (χ0v) is 13.0. The van der Waals surface area contributed by atoms with Gasteiger partial charge in [-0.2, -0.15) is 0 Å². The molecule has 0 spiro atoms. The molecule has 1 aromatic rings. The highest BCUT2D eigenvalue weighted by molar-refractivity contribution is 7.16. The summed E-state index contributed by atoms with van der Waals surface area (Å²) < 4.78 is 0.741. The summed E-state index contributed by atoms with van der Waals surface area (Å²) >= 11 is 7.42. The molecule has 1 saturated heterocycles. The van der Waals surface area contributed by atoms with Crippen LogP contribution in [0.5, 0.6) is 0 Å². The number of halogens is 1. The molecule has 0 saturated carbocycles. The van der Waals surface area contributed by atoms with Crippen molar-refractivity contribution >= 4 is 28.8 Å². The number of nitrogens with zero attached hydrogens (tertiary/aromatic N) is 1. The van der Waals surface area contributed by atoms with Gasteiger partial charge in [-0.15, -0.1) is 11.3 Å². The van der Waals surface area contributed by atoms with E-state index in [0.717, 1.165) is 35.1 Å². The Morgan fingerprint density at radius 3 is 2.53 bits per heavy atom. The lowest BCUT2D eigenvalue weighted by Gasteiger charge is -2.35. The summed E-state index contributed by atoms with van der Waals surface area (Å²) in [4.78, 5) is 15.5. The first-order valence-corrected chi connectivity index (χ1v) is 7.98. The van der Waals surface area contributed by atoms with Crippen molar-refractivity contribution in [2.75, 3.05) is 13.1 Å². The number of thiophene rings is 1. The zero-order valence-electron chi connectivity index (χ0n) is 11.4. The van der Waals surface area contributed by atoms with Gasteiger partial charge < -0.3 is 10.6 Å². The number of amides is 1. The second kappa shape index (κ2) is 6.25. The lowest BCUT2D eigenvalue weighted by atomic mass is 9.90. The molecule has 1 aromatic heterocycles. The minimum atomic E-state index is -0.0932. The molecule has 1 amide bonds. The molecule has 19 heavy (non-hydrogen) atoms. The fourth-order valence-corrected chi connectivity index (χ4v) is 3.71. The van der Waals surface area contributed by atoms with Crippen molar-refractivity contribution in [2.45, 2.75) is 38.6 Å². The second-order valence-corrected chi connectivity index (χ2v) is 7.13. The van der Waals surface area contributed by atoms with Gasteiger partial charge in [0.15, 0.2) is 0 Å². The monoisotopic (exact) mass is 300 g/mol. The van der Waals surface area contributed by atoms with Crippen LogP contribution in [0.25, 0.3) is 0 Å². The van der Waals surface area contributed by atoms with Gasteiger partial charge in [0.05, 0.1) is 10.3 Å². The van der Waals surface area contributed by atoms with Gasteiger partial charge in [0.25, 0.3) is 0 Å². The number of piperidine rings is 1. The van der Waals surface area contributed by atoms with Crippen LogP contribution in [0.15, 0.2) is 12.1 Å². The van der Waals surface area contributed by atoms with Gasteiger partial charge >= 0.3 is 0 Å². The van der Waals surface area contributed by atoms with Crippen LogP contribution in [0.3, 0.4) is 0 Å². The van der Waals surface area contributed by atoms with Crippen LogP contribution in [0.2, 0.25) is 4.34 Å². The van der Waals surface area contributed by atoms with Crippen molar-refractivity contribution in [1.82, 2.24) is 4.90 Å². The van der Waals surface area contributed by atoms with Crippen molar-refractivity contribution in [3.8, 4) is 0 Å². The number of carbonyl (C=O) groups excluding carboxylic acids is 1. The van der Waals surface area contributed by atoms with Crippen LogP contribution in [0.1, 0.15) is 37.5 Å². The van der Waals surface area contributed by atoms with Gasteiger partial charge in [-0.3, -0.25) is 4.79 Å². The van der Waals surface area contributed by atoms with E-state index < -0.39 is 0 Å². The Labute approximate surface area is 123 Å². The van der Waals surface area contributed by atoms with E-state index in [0.29, 0.717) is 5.92 Å². The van der Waals surface area contributed by atoms with Gasteiger partial charge in [-0.25, -0.2) is 0 Å². The molecule has 0 radical (unpaired) electrons. The highest BCUT2D eigenvalue weighted by atomic mass is 35.5. The molecule has 2 N–H and O–H groups in total. The Morgan fingerprint density at radius 1 is 1.42 bits per heavy atom. The molecule has 5 heteroatoms. The molecule has 0 bridgehead atoms. The number of hydrogen-bond donors (Lipinski definition) is 1. The minimum absolute atomic E-state index is 0.0932. The van der Waals surface area contributed by atoms with Crippen molar-refractivity contribution in [3.05, 3.63) is 21.3 Å². The molecule has 2 atom stereocenters. The number of likely N-dealkylation sites (tertiary alicyclic amines) is 1. The van der Waals surface area contributed by atoms with E-state index in [-0.39, 0.29) is 17.9 Å². The molecule has 2 rings (SSSR count). The van der Waals surface area contributed by atoms with E-state index in [1.807, 2.05) is 24.0 Å². The number of hydrogen-bond acceptors (Lipinski definition) is 3. The molecule has 1 aliphatic heterocycles. The zero-order chi connectivity index (χ0) is 14.0. The Balaban J connectivity index is 1.94. The van der Waals surface area contributed by atoms with Gasteiger partial charge in [0.2, 0.25) is 5.91 Å². The van der Waals surface area contributed by atoms with Crippen molar-refractivity contribution < 1.29 is 4.79 Å². The third-order valence-electron chi connectivity index (χ3n) is 3.99. The molecule has 2 unspecified atom stereocenters. The number of rotatable bonds is 3. The maximum atomic E-state index is 12.4. The Kier molecular flexibility index (Phi) is 4.87. The Hall–Kier alpha value is -0.580. The topological polar surface area (TPSA) is 46.3 Å². The molecule has 0 aromatic carbocycles. The highest BCUT2D eigenvalue weighted by Crippen LogP contribution is 2.30. The molecule has 3 nitrogen and oxygen atoms in total. The van der Waals surface area contributed by atoms with Crippen LogP contribution in [-0.2, 0) is 4.79 Å². The normalized spacial score (nSPS) is 20.3. The SMILES string of the molecule is CC(C(=O)N1CCC(C(C)N)CC1)c1ccc(Cl)s1. The standard InChI is InChI=1S/C14H21ClN2OS/c1-9(12-3-4-13(15)19-12)14(18)17-7-5-11(6-8-17)10(2)16/h3-4,9-11H,5-8,16H2,1-2H3. The molecule has 106 valence electrons. The second-order valence-electron chi connectivity index (χ2n) is 5.39. The van der Waals surface area contributed by atoms with Crippen LogP contribution in [0, 0.1) is 5.92 Å². The predicted molar refractivity (Wildman–Crippen MR) is 80.7 cm³/mol. The van der Waals surface area contributed by atoms with Crippen molar-refractivity contribution in [2.24, 2.45) is 11.7 Å². The molecular formula is C14H21ClN2OS. The lowest BCUT2D eigenvalue weighted by molar-refractivity contribution is -0.133. The number of nitrogens with two attached hydrogens (primary N) is 1. The molecule has 0 aliphatic carbocycles. The fourth-order valence-electron chi connectivity index (χ4n) is 2.60. The smallest absolute Gasteiger partial charge is 0.230 e. The highest BCUT2D eigenvalue weighted by Gasteiger charge is 2.28. The van der Waals surface area contributed by atoms with Crippen LogP contribution in [0.4, 0.5) is 0 Å². The van der Waals surface area contributed by atoms with E-state index in [1.165, 1.54) is 11.3 Å². The average molecular weight is 301 g/mol. The first-order chi connectivity index (χ1) is 8.99. The van der Waals surface area contributed by atoms with Crippen LogP contribution < -0.4 is 5.73 Å². The summed E-state index contributed by atoms with van der Waals surface area (Å²) in [7, 11) is 0. The van der Waals surface area contributed by atoms with Crippen molar-refractivity contribution in [1.29, 1.82) is 0 Å². The van der Waals surface area contributed by atoms with Gasteiger partial charge in [-0.1, -0.05) is 11.6 Å². The van der Waals surface area contributed by atoms with E-state index in [9.17, 15) is 4.79 Å². The predicted octanol–water partition coefficient (Wildman–Crippen LogP) is 3.09. The van der Waals surface area contributed by atoms with Gasteiger partial charge in [0, 0.05) is 24.0 Å². The fraction of sp³-hybridized carbons (Fsp3) is 0.643. The lowest BCUT2D eigenvalue weighted by Crippen LogP contribution is -2.43. The van der Waals surface area contributed by atoms with E-state index in [4.69, 9.17) is 17.3 Å². The Morgan fingerprint density at radius 2 is 2.05 bits per heavy atom.